The molecule has 0 N–H and O–H groups in total. The zero-order valence-corrected chi connectivity index (χ0v) is 60.0. The van der Waals surface area contributed by atoms with E-state index in [4.69, 9.17) is 0 Å². The average molecular weight is 1360 g/mol. The first-order chi connectivity index (χ1) is 52.1. The molecule has 0 atom stereocenters. The van der Waals surface area contributed by atoms with E-state index in [0.717, 1.165) is 34.1 Å². The Morgan fingerprint density at radius 3 is 0.981 bits per heavy atom. The van der Waals surface area contributed by atoms with Crippen LogP contribution in [-0.4, -0.2) is 0 Å². The van der Waals surface area contributed by atoms with Crippen molar-refractivity contribution < 1.29 is 0 Å². The van der Waals surface area contributed by atoms with Gasteiger partial charge in [0.15, 0.2) is 0 Å². The lowest BCUT2D eigenvalue weighted by molar-refractivity contribution is 0.660. The minimum Gasteiger partial charge on any atom is -0.310 e. The molecule has 16 aromatic carbocycles. The van der Waals surface area contributed by atoms with Crippen LogP contribution in [0.4, 0.5) is 34.1 Å². The fourth-order valence-electron chi connectivity index (χ4n) is 18.6. The SMILES string of the molecule is CC1(C)c2cc(-c3ccccc3)ccc2-c2ccc(N(c3ccccc3)c3cccc(C4(c5ccccc5)c5ccccc5-c5ccccc54)c3)cc21.CC1(C)c2ccccc2-c2ccc(N(c3ccccc3)c3ccccc3-c3ccc(C4(c5ccccc5)c5ccccc5-c5ccccc54)cc3)cc21. The van der Waals surface area contributed by atoms with E-state index < -0.39 is 10.8 Å². The summed E-state index contributed by atoms with van der Waals surface area (Å²) in [5.41, 5.74) is 37.0. The maximum Gasteiger partial charge on any atom is 0.0714 e. The fourth-order valence-corrected chi connectivity index (χ4v) is 18.6. The molecular formula is C104H78N2. The maximum absolute atomic E-state index is 2.43. The molecule has 0 aliphatic heterocycles. The number of anilines is 6. The second-order valence-corrected chi connectivity index (χ2v) is 29.8. The van der Waals surface area contributed by atoms with Crippen LogP contribution < -0.4 is 9.80 Å². The summed E-state index contributed by atoms with van der Waals surface area (Å²) in [6.45, 7) is 9.46. The third-order valence-electron chi connectivity index (χ3n) is 23.5. The van der Waals surface area contributed by atoms with Crippen molar-refractivity contribution in [2.75, 3.05) is 9.80 Å². The molecule has 20 rings (SSSR count). The summed E-state index contributed by atoms with van der Waals surface area (Å²) in [4.78, 5) is 4.86. The molecule has 106 heavy (non-hydrogen) atoms. The fraction of sp³-hybridized carbons (Fsp3) is 0.0769. The molecule has 0 saturated carbocycles. The smallest absolute Gasteiger partial charge is 0.0714 e. The normalized spacial score (nSPS) is 14.2. The zero-order valence-electron chi connectivity index (χ0n) is 60.0. The summed E-state index contributed by atoms with van der Waals surface area (Å²) in [6.07, 6.45) is 0. The molecule has 0 spiro atoms. The number of para-hydroxylation sites is 3. The lowest BCUT2D eigenvalue weighted by atomic mass is 9.67. The van der Waals surface area contributed by atoms with Gasteiger partial charge in [0.25, 0.3) is 0 Å². The Labute approximate surface area is 623 Å². The third kappa shape index (κ3) is 9.99. The van der Waals surface area contributed by atoms with E-state index in [1.807, 2.05) is 0 Å². The third-order valence-corrected chi connectivity index (χ3v) is 23.5. The minimum atomic E-state index is -0.467. The van der Waals surface area contributed by atoms with E-state index in [2.05, 4.69) is 438 Å². The van der Waals surface area contributed by atoms with Gasteiger partial charge in [-0.15, -0.1) is 0 Å². The van der Waals surface area contributed by atoms with Crippen molar-refractivity contribution in [3.05, 3.63) is 467 Å². The van der Waals surface area contributed by atoms with Crippen LogP contribution in [0.1, 0.15) is 94.5 Å². The number of nitrogens with zero attached hydrogens (tertiary/aromatic N) is 2. The summed E-state index contributed by atoms with van der Waals surface area (Å²) >= 11 is 0. The van der Waals surface area contributed by atoms with Crippen molar-refractivity contribution in [1.82, 2.24) is 0 Å². The molecule has 0 fully saturated rings. The van der Waals surface area contributed by atoms with Crippen molar-refractivity contribution in [3.63, 3.8) is 0 Å². The van der Waals surface area contributed by atoms with Gasteiger partial charge >= 0.3 is 0 Å². The van der Waals surface area contributed by atoms with Gasteiger partial charge in [-0.25, -0.2) is 0 Å². The molecule has 4 aliphatic carbocycles. The van der Waals surface area contributed by atoms with E-state index in [9.17, 15) is 0 Å². The summed E-state index contributed by atoms with van der Waals surface area (Å²) in [5, 5.41) is 0. The van der Waals surface area contributed by atoms with Gasteiger partial charge in [-0.05, 0) is 201 Å². The molecule has 0 radical (unpaired) electrons. The molecule has 0 heterocycles. The van der Waals surface area contributed by atoms with Crippen LogP contribution in [0.25, 0.3) is 66.8 Å². The Balaban J connectivity index is 0.000000145. The van der Waals surface area contributed by atoms with Crippen molar-refractivity contribution in [3.8, 4) is 66.8 Å². The monoisotopic (exact) mass is 1350 g/mol. The van der Waals surface area contributed by atoms with Gasteiger partial charge in [-0.2, -0.15) is 0 Å². The van der Waals surface area contributed by atoms with Crippen LogP contribution >= 0.6 is 0 Å². The quantitative estimate of drug-likeness (QED) is 0.120. The first-order valence-corrected chi connectivity index (χ1v) is 37.2. The van der Waals surface area contributed by atoms with Crippen LogP contribution in [0.15, 0.2) is 400 Å². The summed E-state index contributed by atoms with van der Waals surface area (Å²) in [6, 6.07) is 148. The Hall–Kier alpha value is -12.9. The second kappa shape index (κ2) is 25.5. The molecule has 0 amide bonds. The molecule has 0 saturated heterocycles. The molecule has 4 aliphatic rings. The first kappa shape index (κ1) is 64.0. The molecular weight excluding hydrogens is 1280 g/mol. The lowest BCUT2D eigenvalue weighted by Crippen LogP contribution is -2.28. The molecule has 2 nitrogen and oxygen atoms in total. The van der Waals surface area contributed by atoms with Gasteiger partial charge < -0.3 is 9.80 Å². The van der Waals surface area contributed by atoms with E-state index in [0.29, 0.717) is 0 Å². The highest BCUT2D eigenvalue weighted by Crippen LogP contribution is 2.60. The van der Waals surface area contributed by atoms with Crippen molar-refractivity contribution >= 4 is 34.1 Å². The Bertz CT molecular complexity index is 5920. The van der Waals surface area contributed by atoms with Gasteiger partial charge in [0.1, 0.15) is 0 Å². The van der Waals surface area contributed by atoms with Gasteiger partial charge in [-0.1, -0.05) is 355 Å². The molecule has 16 aromatic rings. The summed E-state index contributed by atoms with van der Waals surface area (Å²) in [7, 11) is 0. The molecule has 0 bridgehead atoms. The second-order valence-electron chi connectivity index (χ2n) is 29.8. The minimum absolute atomic E-state index is 0.0914. The highest BCUT2D eigenvalue weighted by atomic mass is 15.1. The van der Waals surface area contributed by atoms with Gasteiger partial charge in [0.2, 0.25) is 0 Å². The Kier molecular flexibility index (Phi) is 15.4. The van der Waals surface area contributed by atoms with Gasteiger partial charge in [-0.3, -0.25) is 0 Å². The van der Waals surface area contributed by atoms with Crippen LogP contribution in [-0.2, 0) is 21.7 Å². The first-order valence-electron chi connectivity index (χ1n) is 37.2. The van der Waals surface area contributed by atoms with Crippen LogP contribution in [0.3, 0.4) is 0 Å². The Morgan fingerprint density at radius 1 is 0.170 bits per heavy atom. The van der Waals surface area contributed by atoms with E-state index in [1.165, 1.54) is 134 Å². The largest absolute Gasteiger partial charge is 0.310 e. The predicted octanol–water partition coefficient (Wildman–Crippen LogP) is 27.0. The number of rotatable bonds is 12. The Morgan fingerprint density at radius 2 is 0.481 bits per heavy atom. The highest BCUT2D eigenvalue weighted by molar-refractivity contribution is 5.94. The van der Waals surface area contributed by atoms with Gasteiger partial charge in [0.05, 0.1) is 16.5 Å². The number of hydrogen-bond acceptors (Lipinski definition) is 2. The molecule has 504 valence electrons. The topological polar surface area (TPSA) is 6.48 Å². The molecule has 0 unspecified atom stereocenters. The number of benzene rings is 16. The molecule has 2 heteroatoms. The van der Waals surface area contributed by atoms with Crippen LogP contribution in [0.2, 0.25) is 0 Å². The summed E-state index contributed by atoms with van der Waals surface area (Å²) in [5.74, 6) is 0. The predicted molar refractivity (Wildman–Crippen MR) is 443 cm³/mol. The summed E-state index contributed by atoms with van der Waals surface area (Å²) < 4.78 is 0. The van der Waals surface area contributed by atoms with Crippen molar-refractivity contribution in [2.24, 2.45) is 0 Å². The van der Waals surface area contributed by atoms with Gasteiger partial charge in [0, 0.05) is 44.8 Å². The van der Waals surface area contributed by atoms with Crippen LogP contribution in [0.5, 0.6) is 0 Å². The van der Waals surface area contributed by atoms with Crippen LogP contribution in [0, 0.1) is 0 Å². The standard InChI is InChI=1S/2C52H39N/c1-51(2)49-33-37(36-17-6-3-7-18-36)29-31-45(49)46-32-30-42(35-50(46)51)53(40-22-10-5-11-23-40)41-24-16-21-39(34-41)52(38-19-8-4-9-20-38)47-27-14-12-25-43(47)44-26-13-15-28-48(44)52;1-51(2)46-25-13-9-22-42(46)45-34-33-40(35-49(45)51)53(39-19-7-4-8-20-39)50-28-16-12-21-41(50)36-29-31-38(32-30-36)52(37-17-5-3-6-18-37)47-26-14-10-23-43(47)44-24-11-15-27-48(44)52/h2*3-35H,1-2H3. The van der Waals surface area contributed by atoms with E-state index in [1.54, 1.807) is 0 Å². The molecule has 0 aromatic heterocycles. The van der Waals surface area contributed by atoms with E-state index >= 15 is 0 Å². The van der Waals surface area contributed by atoms with E-state index in [-0.39, 0.29) is 10.8 Å². The average Bonchev–Trinajstić information content (AvgIpc) is 1.55. The number of hydrogen-bond donors (Lipinski definition) is 0. The lowest BCUT2D eigenvalue weighted by Gasteiger charge is -2.35. The highest BCUT2D eigenvalue weighted by Gasteiger charge is 2.48. The van der Waals surface area contributed by atoms with Crippen molar-refractivity contribution in [1.29, 1.82) is 0 Å². The maximum atomic E-state index is 2.43. The van der Waals surface area contributed by atoms with Crippen molar-refractivity contribution in [2.45, 2.75) is 49.4 Å². The number of fused-ring (bicyclic) bond motifs is 12. The zero-order chi connectivity index (χ0) is 71.1.